The van der Waals surface area contributed by atoms with Crippen LogP contribution in [0.3, 0.4) is 0 Å². The number of benzene rings is 8. The molecule has 0 aromatic heterocycles. The number of fused-ring (bicyclic) bond motifs is 6. The highest BCUT2D eigenvalue weighted by molar-refractivity contribution is 5.92. The molecule has 0 saturated carbocycles. The van der Waals surface area contributed by atoms with Crippen LogP contribution in [0.15, 0.2) is 158 Å². The molecule has 0 radical (unpaired) electrons. The second kappa shape index (κ2) is 35.6. The molecule has 108 heavy (non-hydrogen) atoms. The van der Waals surface area contributed by atoms with Crippen LogP contribution >= 0.6 is 0 Å². The summed E-state index contributed by atoms with van der Waals surface area (Å²) in [7, 11) is 0. The van der Waals surface area contributed by atoms with Gasteiger partial charge in [-0.3, -0.25) is 0 Å². The van der Waals surface area contributed by atoms with Gasteiger partial charge in [-0.2, -0.15) is 9.78 Å². The Labute approximate surface area is 631 Å². The average molecular weight is 1480 g/mol. The first-order valence-electron chi connectivity index (χ1n) is 37.9. The van der Waals surface area contributed by atoms with E-state index in [9.17, 15) is 14.0 Å². The Morgan fingerprint density at radius 2 is 0.750 bits per heavy atom. The molecule has 2 aliphatic carbocycles. The van der Waals surface area contributed by atoms with Crippen LogP contribution in [0, 0.1) is 33.3 Å². The number of halogens is 2. The molecule has 0 bridgehead atoms. The maximum Gasteiger partial charge on any atom is 0.346 e. The van der Waals surface area contributed by atoms with Gasteiger partial charge in [-0.15, -0.1) is 0 Å². The number of unbranched alkanes of at least 4 members (excludes halogenated alkanes) is 2. The van der Waals surface area contributed by atoms with Crippen LogP contribution in [0.4, 0.5) is 8.78 Å². The number of carbonyl (C=O) groups excluding carboxylic acids is 2. The first-order chi connectivity index (χ1) is 52.6. The van der Waals surface area contributed by atoms with E-state index < -0.39 is 23.6 Å². The second-order valence-electron chi connectivity index (χ2n) is 29.7. The van der Waals surface area contributed by atoms with E-state index in [0.717, 1.165) is 172 Å². The third kappa shape index (κ3) is 18.7. The summed E-state index contributed by atoms with van der Waals surface area (Å²) in [5, 5.41) is 0. The number of carbonyl (C=O) groups is 2. The summed E-state index contributed by atoms with van der Waals surface area (Å²) in [6.07, 6.45) is 7.39. The van der Waals surface area contributed by atoms with Gasteiger partial charge in [0.2, 0.25) is 0 Å². The molecule has 572 valence electrons. The molecular formula is C88H98F2O18. The molecule has 6 aliphatic rings. The highest BCUT2D eigenvalue weighted by Crippen LogP contribution is 2.49. The summed E-state index contributed by atoms with van der Waals surface area (Å²) < 4.78 is 97.9. The van der Waals surface area contributed by atoms with Gasteiger partial charge in [0.25, 0.3) is 0 Å². The molecule has 14 rings (SSSR count). The van der Waals surface area contributed by atoms with Crippen molar-refractivity contribution < 1.29 is 94.8 Å². The molecule has 8 aromatic rings. The van der Waals surface area contributed by atoms with Gasteiger partial charge in [0, 0.05) is 53.6 Å². The zero-order chi connectivity index (χ0) is 75.1. The zero-order valence-corrected chi connectivity index (χ0v) is 62.7. The summed E-state index contributed by atoms with van der Waals surface area (Å²) in [5.74, 6) is 1.92. The van der Waals surface area contributed by atoms with E-state index in [2.05, 4.69) is 34.6 Å². The molecule has 2 atom stereocenters. The van der Waals surface area contributed by atoms with Crippen molar-refractivity contribution >= 4 is 11.9 Å². The van der Waals surface area contributed by atoms with E-state index in [0.29, 0.717) is 98.5 Å². The van der Waals surface area contributed by atoms with E-state index in [4.69, 9.17) is 76.4 Å². The summed E-state index contributed by atoms with van der Waals surface area (Å²) >= 11 is 0. The van der Waals surface area contributed by atoms with E-state index >= 15 is 4.39 Å². The van der Waals surface area contributed by atoms with E-state index in [1.165, 1.54) is 18.2 Å². The fourth-order valence-electron chi connectivity index (χ4n) is 13.8. The summed E-state index contributed by atoms with van der Waals surface area (Å²) in [4.78, 5) is 48.3. The van der Waals surface area contributed by atoms with Gasteiger partial charge in [-0.05, 0) is 211 Å². The molecule has 4 fully saturated rings. The molecule has 4 aliphatic heterocycles. The van der Waals surface area contributed by atoms with Gasteiger partial charge in [0.1, 0.15) is 59.3 Å². The maximum absolute atomic E-state index is 15.0. The van der Waals surface area contributed by atoms with Crippen LogP contribution in [-0.2, 0) is 51.4 Å². The van der Waals surface area contributed by atoms with Gasteiger partial charge in [-0.25, -0.2) is 18.4 Å². The number of ether oxygens (including phenoxy) is 12. The first kappa shape index (κ1) is 77.2. The predicted molar refractivity (Wildman–Crippen MR) is 401 cm³/mol. The Morgan fingerprint density at radius 1 is 0.380 bits per heavy atom. The Bertz CT molecular complexity index is 4330. The SMILES string of the molecule is CCC1(COCCCCOc2ccc(COOc3ccc4c(c3)C(C)c3cc(OC(=O)c5ccc(OCCCCOCC6(CC)COC6)cc5F)ccc3-4)c(F)c2)COC1.CCC1(COc2ccc(COOc3ccc4c(c3)C(C)c3cc(OC(=O)c5ccc(OCC6(CC)COC6)cc5)ccc3-4)cc2)COC1. The van der Waals surface area contributed by atoms with Crippen LogP contribution in [0.1, 0.15) is 159 Å². The van der Waals surface area contributed by atoms with Crippen molar-refractivity contribution in [1.29, 1.82) is 0 Å². The number of hydrogen-bond acceptors (Lipinski definition) is 18. The van der Waals surface area contributed by atoms with Crippen molar-refractivity contribution in [3.05, 3.63) is 214 Å². The summed E-state index contributed by atoms with van der Waals surface area (Å²) in [6.45, 7) is 23.9. The lowest BCUT2D eigenvalue weighted by Gasteiger charge is -2.40. The minimum atomic E-state index is -0.801. The standard InChI is InChI=1S/C48H56F2O10.C40H42O8/c1-4-47(29-54-30-47)27-52-18-6-8-20-56-35-11-10-34(44(49)24-35)26-58-60-38-14-16-40-39-15-13-37(22-42(39)33(3)43(40)23-38)59-46(51)41-17-12-36(25-45(41)50)57-21-9-7-19-53-28-48(5-2)31-55-32-48;1-4-39(21-42-22-39)25-44-30-10-6-28(7-11-30)20-46-48-33-15-17-35-34-16-14-32(18-36(34)27(3)37(35)19-33)47-38(41)29-8-12-31(13-9-29)45-26-40(5-2)23-43-24-40/h10-17,22-25,33H,4-9,18-21,26-32H2,1-3H3;6-19,27H,4-5,20-26H2,1-3H3. The van der Waals surface area contributed by atoms with Crippen molar-refractivity contribution in [2.45, 2.75) is 118 Å². The largest absolute Gasteiger partial charge is 0.493 e. The molecule has 0 amide bonds. The zero-order valence-electron chi connectivity index (χ0n) is 62.7. The predicted octanol–water partition coefficient (Wildman–Crippen LogP) is 18.2. The fraction of sp³-hybridized carbons (Fsp3) is 0.432. The molecule has 0 spiro atoms. The molecule has 2 unspecified atom stereocenters. The van der Waals surface area contributed by atoms with Gasteiger partial charge in [0.15, 0.2) is 11.5 Å². The molecular weight excluding hydrogens is 1380 g/mol. The second-order valence-corrected chi connectivity index (χ2v) is 29.7. The van der Waals surface area contributed by atoms with Gasteiger partial charge >= 0.3 is 11.9 Å². The number of rotatable bonds is 38. The molecule has 18 nitrogen and oxygen atoms in total. The lowest BCUT2D eigenvalue weighted by atomic mass is 9.84. The lowest BCUT2D eigenvalue weighted by Crippen LogP contribution is -2.46. The fourth-order valence-corrected chi connectivity index (χ4v) is 13.8. The van der Waals surface area contributed by atoms with Gasteiger partial charge in [0.05, 0.1) is 114 Å². The van der Waals surface area contributed by atoms with Crippen molar-refractivity contribution in [1.82, 2.24) is 0 Å². The molecule has 4 heterocycles. The first-order valence-corrected chi connectivity index (χ1v) is 37.9. The number of hydrogen-bond donors (Lipinski definition) is 0. The Kier molecular flexibility index (Phi) is 25.4. The van der Waals surface area contributed by atoms with E-state index in [-0.39, 0.29) is 45.7 Å². The normalized spacial score (nSPS) is 17.4. The summed E-state index contributed by atoms with van der Waals surface area (Å²) in [5.41, 5.74) is 10.6. The van der Waals surface area contributed by atoms with Crippen LogP contribution in [0.5, 0.6) is 46.0 Å². The Balaban J connectivity index is 0.000000195. The van der Waals surface area contributed by atoms with Gasteiger partial charge in [-0.1, -0.05) is 77.9 Å². The Morgan fingerprint density at radius 3 is 1.18 bits per heavy atom. The monoisotopic (exact) mass is 1480 g/mol. The minimum Gasteiger partial charge on any atom is -0.493 e. The average Bonchev–Trinajstić information content (AvgIpc) is 1.62. The topological polar surface area (TPSA) is 182 Å². The van der Waals surface area contributed by atoms with E-state index in [1.54, 1.807) is 48.5 Å². The van der Waals surface area contributed by atoms with Crippen molar-refractivity contribution in [2.75, 3.05) is 106 Å². The van der Waals surface area contributed by atoms with E-state index in [1.807, 2.05) is 97.9 Å². The van der Waals surface area contributed by atoms with Crippen LogP contribution in [0.2, 0.25) is 0 Å². The van der Waals surface area contributed by atoms with Gasteiger partial charge < -0.3 is 66.6 Å². The van der Waals surface area contributed by atoms with Crippen LogP contribution < -0.4 is 38.2 Å². The van der Waals surface area contributed by atoms with Crippen molar-refractivity contribution in [2.24, 2.45) is 21.7 Å². The maximum atomic E-state index is 15.0. The molecule has 0 N–H and O–H groups in total. The Hall–Kier alpha value is -8.96. The van der Waals surface area contributed by atoms with Crippen LogP contribution in [0.25, 0.3) is 22.3 Å². The molecule has 8 aromatic carbocycles. The van der Waals surface area contributed by atoms with Crippen molar-refractivity contribution in [3.63, 3.8) is 0 Å². The summed E-state index contributed by atoms with van der Waals surface area (Å²) in [6, 6.07) is 46.6. The van der Waals surface area contributed by atoms with Crippen LogP contribution in [-0.4, -0.2) is 118 Å². The minimum absolute atomic E-state index is 0.0598. The third-order valence-corrected chi connectivity index (χ3v) is 22.0. The quantitative estimate of drug-likeness (QED) is 0.0117. The molecule has 20 heteroatoms. The third-order valence-electron chi connectivity index (χ3n) is 22.0. The highest BCUT2D eigenvalue weighted by Gasteiger charge is 2.40. The number of esters is 2. The molecule has 4 saturated heterocycles. The smallest absolute Gasteiger partial charge is 0.346 e. The highest BCUT2D eigenvalue weighted by atomic mass is 19.1. The van der Waals surface area contributed by atoms with Crippen molar-refractivity contribution in [3.8, 4) is 68.2 Å². The lowest BCUT2D eigenvalue weighted by molar-refractivity contribution is -0.218.